The smallest absolute Gasteiger partial charge is 0.137 e. The van der Waals surface area contributed by atoms with Gasteiger partial charge in [-0.2, -0.15) is 0 Å². The quantitative estimate of drug-likeness (QED) is 0.824. The summed E-state index contributed by atoms with van der Waals surface area (Å²) in [5.41, 5.74) is 0.842. The Labute approximate surface area is 103 Å². The largest absolute Gasteiger partial charge is 0.370 e. The van der Waals surface area contributed by atoms with Crippen LogP contribution >= 0.6 is 11.6 Å². The lowest BCUT2D eigenvalue weighted by atomic mass is 10.3. The van der Waals surface area contributed by atoms with Crippen molar-refractivity contribution in [1.29, 1.82) is 0 Å². The lowest BCUT2D eigenvalue weighted by molar-refractivity contribution is 0.672. The minimum atomic E-state index is -0.777. The molecule has 0 aromatic carbocycles. The predicted molar refractivity (Wildman–Crippen MR) is 68.4 cm³/mol. The van der Waals surface area contributed by atoms with Crippen LogP contribution in [0.1, 0.15) is 18.9 Å². The van der Waals surface area contributed by atoms with Gasteiger partial charge in [-0.15, -0.1) is 0 Å². The minimum Gasteiger partial charge on any atom is -0.370 e. The van der Waals surface area contributed by atoms with Crippen molar-refractivity contribution in [3.8, 4) is 0 Å². The van der Waals surface area contributed by atoms with E-state index in [-0.39, 0.29) is 5.25 Å². The molecule has 2 atom stereocenters. The zero-order valence-electron chi connectivity index (χ0n) is 9.66. The van der Waals surface area contributed by atoms with Gasteiger partial charge >= 0.3 is 0 Å². The molecule has 16 heavy (non-hydrogen) atoms. The molecule has 0 fully saturated rings. The Bertz CT molecular complexity index is 386. The molecule has 1 aromatic heterocycles. The second kappa shape index (κ2) is 6.15. The van der Waals surface area contributed by atoms with Crippen LogP contribution in [0.25, 0.3) is 0 Å². The third-order valence-electron chi connectivity index (χ3n) is 2.43. The summed E-state index contributed by atoms with van der Waals surface area (Å²) in [7, 11) is -0.777. The average Bonchev–Trinajstić information content (AvgIpc) is 2.24. The molecule has 0 saturated heterocycles. The van der Waals surface area contributed by atoms with Gasteiger partial charge in [0.15, 0.2) is 0 Å². The summed E-state index contributed by atoms with van der Waals surface area (Å²) in [6, 6.07) is 0. The van der Waals surface area contributed by atoms with E-state index >= 15 is 0 Å². The van der Waals surface area contributed by atoms with E-state index in [1.54, 1.807) is 6.26 Å². The zero-order valence-corrected chi connectivity index (χ0v) is 11.2. The molecule has 6 heteroatoms. The third kappa shape index (κ3) is 3.72. The van der Waals surface area contributed by atoms with Crippen LogP contribution in [0.3, 0.4) is 0 Å². The molecule has 0 aliphatic carbocycles. The molecule has 1 rings (SSSR count). The Hall–Kier alpha value is -0.680. The summed E-state index contributed by atoms with van der Waals surface area (Å²) in [6.45, 7) is 4.57. The summed E-state index contributed by atoms with van der Waals surface area (Å²) in [5, 5.41) is 3.82. The van der Waals surface area contributed by atoms with Crippen LogP contribution in [0, 0.1) is 6.92 Å². The van der Waals surface area contributed by atoms with Crippen LogP contribution in [0.2, 0.25) is 5.15 Å². The Morgan fingerprint density at radius 2 is 2.25 bits per heavy atom. The first-order chi connectivity index (χ1) is 7.52. The highest BCUT2D eigenvalue weighted by Crippen LogP contribution is 2.17. The maximum Gasteiger partial charge on any atom is 0.137 e. The summed E-state index contributed by atoms with van der Waals surface area (Å²) in [6.07, 6.45) is 3.99. The van der Waals surface area contributed by atoms with Crippen molar-refractivity contribution in [2.45, 2.75) is 25.5 Å². The Morgan fingerprint density at radius 1 is 1.56 bits per heavy atom. The van der Waals surface area contributed by atoms with Gasteiger partial charge in [-0.1, -0.05) is 18.5 Å². The van der Waals surface area contributed by atoms with E-state index < -0.39 is 10.8 Å². The highest BCUT2D eigenvalue weighted by Gasteiger charge is 2.07. The predicted octanol–water partition coefficient (Wildman–Crippen LogP) is 2.01. The van der Waals surface area contributed by atoms with E-state index in [0.717, 1.165) is 24.3 Å². The number of hydrogen-bond acceptors (Lipinski definition) is 4. The van der Waals surface area contributed by atoms with Gasteiger partial charge < -0.3 is 5.32 Å². The fourth-order valence-corrected chi connectivity index (χ4v) is 1.75. The molecule has 90 valence electrons. The molecule has 0 bridgehead atoms. The molecule has 0 amide bonds. The number of aromatic nitrogens is 2. The molecule has 0 spiro atoms. The van der Waals surface area contributed by atoms with E-state index in [2.05, 4.69) is 15.3 Å². The maximum absolute atomic E-state index is 11.1. The van der Waals surface area contributed by atoms with Gasteiger partial charge in [0, 0.05) is 34.4 Å². The van der Waals surface area contributed by atoms with Gasteiger partial charge in [0.25, 0.3) is 0 Å². The zero-order chi connectivity index (χ0) is 12.1. The molecule has 1 N–H and O–H groups in total. The molecule has 1 heterocycles. The number of halogens is 1. The number of hydrogen-bond donors (Lipinski definition) is 1. The normalized spacial score (nSPS) is 14.5. The summed E-state index contributed by atoms with van der Waals surface area (Å²) >= 11 is 5.87. The van der Waals surface area contributed by atoms with E-state index in [1.165, 1.54) is 6.33 Å². The van der Waals surface area contributed by atoms with Gasteiger partial charge in [0.2, 0.25) is 0 Å². The van der Waals surface area contributed by atoms with E-state index in [9.17, 15) is 4.21 Å². The monoisotopic (exact) mass is 261 g/mol. The number of anilines is 1. The van der Waals surface area contributed by atoms with Crippen molar-refractivity contribution in [2.75, 3.05) is 18.1 Å². The molecule has 1 aromatic rings. The van der Waals surface area contributed by atoms with Crippen LogP contribution < -0.4 is 5.32 Å². The standard InChI is InChI=1S/C10H16ClN3OS/c1-7(16(3)15)4-5-12-10-8(2)9(11)13-6-14-10/h6-7H,4-5H2,1-3H3,(H,12,13,14). The van der Waals surface area contributed by atoms with Crippen LogP contribution in [0.15, 0.2) is 6.33 Å². The SMILES string of the molecule is Cc1c(Cl)ncnc1NCCC(C)S(C)=O. The van der Waals surface area contributed by atoms with Crippen LogP contribution in [-0.4, -0.2) is 32.2 Å². The molecule has 0 aliphatic heterocycles. The summed E-state index contributed by atoms with van der Waals surface area (Å²) in [5.74, 6) is 0.745. The van der Waals surface area contributed by atoms with Gasteiger partial charge in [0.1, 0.15) is 17.3 Å². The number of rotatable bonds is 5. The lowest BCUT2D eigenvalue weighted by Gasteiger charge is -2.11. The van der Waals surface area contributed by atoms with Gasteiger partial charge in [-0.05, 0) is 13.3 Å². The fraction of sp³-hybridized carbons (Fsp3) is 0.600. The highest BCUT2D eigenvalue weighted by molar-refractivity contribution is 7.84. The molecule has 0 saturated carbocycles. The van der Waals surface area contributed by atoms with E-state index in [4.69, 9.17) is 11.6 Å². The molecule has 2 unspecified atom stereocenters. The Kier molecular flexibility index (Phi) is 5.15. The summed E-state index contributed by atoms with van der Waals surface area (Å²) < 4.78 is 11.1. The second-order valence-corrected chi connectivity index (χ2v) is 5.82. The van der Waals surface area contributed by atoms with Gasteiger partial charge in [-0.3, -0.25) is 4.21 Å². The first kappa shape index (κ1) is 13.4. The number of nitrogens with zero attached hydrogens (tertiary/aromatic N) is 2. The Morgan fingerprint density at radius 3 is 2.88 bits per heavy atom. The second-order valence-electron chi connectivity index (χ2n) is 3.66. The topological polar surface area (TPSA) is 54.9 Å². The number of nitrogens with one attached hydrogen (secondary N) is 1. The first-order valence-electron chi connectivity index (χ1n) is 5.05. The van der Waals surface area contributed by atoms with Crippen molar-refractivity contribution in [3.63, 3.8) is 0 Å². The van der Waals surface area contributed by atoms with Crippen LogP contribution in [0.4, 0.5) is 5.82 Å². The van der Waals surface area contributed by atoms with Gasteiger partial charge in [0.05, 0.1) is 0 Å². The molecule has 0 radical (unpaired) electrons. The molecule has 4 nitrogen and oxygen atoms in total. The highest BCUT2D eigenvalue weighted by atomic mass is 35.5. The van der Waals surface area contributed by atoms with Gasteiger partial charge in [-0.25, -0.2) is 9.97 Å². The van der Waals surface area contributed by atoms with E-state index in [0.29, 0.717) is 5.15 Å². The minimum absolute atomic E-state index is 0.185. The molecular weight excluding hydrogens is 246 g/mol. The van der Waals surface area contributed by atoms with Crippen molar-refractivity contribution in [1.82, 2.24) is 9.97 Å². The molecular formula is C10H16ClN3OS. The van der Waals surface area contributed by atoms with Crippen LogP contribution in [-0.2, 0) is 10.8 Å². The first-order valence-corrected chi connectivity index (χ1v) is 7.05. The third-order valence-corrected chi connectivity index (χ3v) is 4.18. The van der Waals surface area contributed by atoms with Crippen LogP contribution in [0.5, 0.6) is 0 Å². The lowest BCUT2D eigenvalue weighted by Crippen LogP contribution is -2.15. The molecule has 0 aliphatic rings. The summed E-state index contributed by atoms with van der Waals surface area (Å²) in [4.78, 5) is 7.97. The van der Waals surface area contributed by atoms with Crippen molar-refractivity contribution < 1.29 is 4.21 Å². The average molecular weight is 262 g/mol. The van der Waals surface area contributed by atoms with Crippen molar-refractivity contribution in [3.05, 3.63) is 17.0 Å². The van der Waals surface area contributed by atoms with Crippen molar-refractivity contribution in [2.24, 2.45) is 0 Å². The van der Waals surface area contributed by atoms with E-state index in [1.807, 2.05) is 13.8 Å². The Balaban J connectivity index is 2.49. The van der Waals surface area contributed by atoms with Crippen molar-refractivity contribution >= 4 is 28.2 Å². The maximum atomic E-state index is 11.1. The fourth-order valence-electron chi connectivity index (χ4n) is 1.17.